The fourth-order valence-corrected chi connectivity index (χ4v) is 2.01. The number of aliphatic hydroxyl groups is 3. The molecule has 0 amide bonds. The Balaban J connectivity index is 0.00000144. The molecule has 3 nitrogen and oxygen atoms in total. The van der Waals surface area contributed by atoms with Crippen LogP contribution in [0.2, 0.25) is 0 Å². The second-order valence-electron chi connectivity index (χ2n) is 4.07. The van der Waals surface area contributed by atoms with Gasteiger partial charge < -0.3 is 15.3 Å². The molecule has 1 aliphatic rings. The molecule has 3 N–H and O–H groups in total. The molecule has 1 aliphatic carbocycles. The lowest BCUT2D eigenvalue weighted by atomic mass is 9.92. The Kier molecular flexibility index (Phi) is 4.89. The summed E-state index contributed by atoms with van der Waals surface area (Å²) in [6.45, 7) is 4.03. The predicted octanol–water partition coefficient (Wildman–Crippen LogP) is 0.629. The number of hydrogen-bond donors (Lipinski definition) is 3. The molecule has 1 rings (SSSR count). The molecule has 0 radical (unpaired) electrons. The largest absolute Gasteiger partial charge is 0.396 e. The second-order valence-corrected chi connectivity index (χ2v) is 4.07. The van der Waals surface area contributed by atoms with Gasteiger partial charge in [-0.2, -0.15) is 0 Å². The number of rotatable bonds is 2. The highest BCUT2D eigenvalue weighted by atomic mass is 16.3. The lowest BCUT2D eigenvalue weighted by Crippen LogP contribution is -2.30. The smallest absolute Gasteiger partial charge is 0.0852 e. The topological polar surface area (TPSA) is 60.7 Å². The van der Waals surface area contributed by atoms with E-state index in [0.717, 1.165) is 6.42 Å². The first kappa shape index (κ1) is 12.9. The molecule has 0 heterocycles. The van der Waals surface area contributed by atoms with Crippen molar-refractivity contribution >= 4 is 0 Å². The van der Waals surface area contributed by atoms with Gasteiger partial charge in [0.2, 0.25) is 0 Å². The van der Waals surface area contributed by atoms with Crippen LogP contribution in [0.1, 0.15) is 27.7 Å². The molecular weight excluding hydrogens is 168 g/mol. The van der Waals surface area contributed by atoms with Gasteiger partial charge in [0.15, 0.2) is 0 Å². The normalized spacial score (nSPS) is 39.2. The predicted molar refractivity (Wildman–Crippen MR) is 52.3 cm³/mol. The van der Waals surface area contributed by atoms with E-state index >= 15 is 0 Å². The van der Waals surface area contributed by atoms with Crippen LogP contribution in [0, 0.1) is 17.8 Å². The zero-order valence-corrected chi connectivity index (χ0v) is 7.64. The minimum absolute atomic E-state index is 0. The molecule has 1 fully saturated rings. The fourth-order valence-electron chi connectivity index (χ4n) is 2.01. The maximum atomic E-state index is 9.57. The van der Waals surface area contributed by atoms with Gasteiger partial charge in [-0.3, -0.25) is 0 Å². The molecule has 0 unspecified atom stereocenters. The summed E-state index contributed by atoms with van der Waals surface area (Å²) in [4.78, 5) is 0. The van der Waals surface area contributed by atoms with Crippen LogP contribution in [0.25, 0.3) is 0 Å². The summed E-state index contributed by atoms with van der Waals surface area (Å²) in [6, 6.07) is 0. The summed E-state index contributed by atoms with van der Waals surface area (Å²) in [7, 11) is 0. The van der Waals surface area contributed by atoms with Crippen molar-refractivity contribution in [1.29, 1.82) is 0 Å². The molecular formula is C10H22O3. The molecule has 0 spiro atoms. The zero-order chi connectivity index (χ0) is 9.30. The Hall–Kier alpha value is -0.120. The monoisotopic (exact) mass is 190 g/mol. The van der Waals surface area contributed by atoms with Gasteiger partial charge >= 0.3 is 0 Å². The molecule has 0 saturated heterocycles. The summed E-state index contributed by atoms with van der Waals surface area (Å²) in [5.74, 6) is 0.371. The third-order valence-electron chi connectivity index (χ3n) is 2.94. The van der Waals surface area contributed by atoms with Gasteiger partial charge in [0.25, 0.3) is 0 Å². The molecule has 4 atom stereocenters. The van der Waals surface area contributed by atoms with E-state index in [9.17, 15) is 10.2 Å². The van der Waals surface area contributed by atoms with Crippen LogP contribution in [-0.2, 0) is 0 Å². The van der Waals surface area contributed by atoms with E-state index in [1.807, 2.05) is 13.8 Å². The molecule has 0 aliphatic heterocycles. The van der Waals surface area contributed by atoms with E-state index in [1.54, 1.807) is 0 Å². The van der Waals surface area contributed by atoms with Crippen LogP contribution in [0.3, 0.4) is 0 Å². The maximum Gasteiger partial charge on any atom is 0.0852 e. The maximum absolute atomic E-state index is 9.57. The van der Waals surface area contributed by atoms with Crippen LogP contribution >= 0.6 is 0 Å². The van der Waals surface area contributed by atoms with Crippen molar-refractivity contribution in [2.45, 2.75) is 39.9 Å². The summed E-state index contributed by atoms with van der Waals surface area (Å²) in [5.41, 5.74) is 0. The zero-order valence-electron chi connectivity index (χ0n) is 7.64. The van der Waals surface area contributed by atoms with Crippen LogP contribution in [-0.4, -0.2) is 34.1 Å². The minimum atomic E-state index is -0.734. The highest BCUT2D eigenvalue weighted by Gasteiger charge is 2.41. The van der Waals surface area contributed by atoms with Gasteiger partial charge in [-0.05, 0) is 18.3 Å². The quantitative estimate of drug-likeness (QED) is 0.598. The number of aliphatic hydroxyl groups excluding tert-OH is 3. The van der Waals surface area contributed by atoms with Crippen molar-refractivity contribution in [3.05, 3.63) is 0 Å². The first-order chi connectivity index (χ1) is 5.57. The van der Waals surface area contributed by atoms with Gasteiger partial charge in [0.1, 0.15) is 0 Å². The van der Waals surface area contributed by atoms with Crippen LogP contribution in [0.4, 0.5) is 0 Å². The second kappa shape index (κ2) is 4.94. The summed E-state index contributed by atoms with van der Waals surface area (Å²) in [6.07, 6.45) is -0.652. The SMILES string of the molecule is C.CC(C)[C@@H]1C[C@H](CO)[C@@H](O)[C@H]1O. The van der Waals surface area contributed by atoms with Crippen LogP contribution < -0.4 is 0 Å². The Morgan fingerprint density at radius 3 is 2.00 bits per heavy atom. The summed E-state index contributed by atoms with van der Waals surface area (Å²) < 4.78 is 0. The van der Waals surface area contributed by atoms with Crippen molar-refractivity contribution in [1.82, 2.24) is 0 Å². The van der Waals surface area contributed by atoms with Gasteiger partial charge in [0, 0.05) is 12.5 Å². The average Bonchev–Trinajstić information content (AvgIpc) is 2.30. The van der Waals surface area contributed by atoms with Crippen molar-refractivity contribution in [2.24, 2.45) is 17.8 Å². The molecule has 1 saturated carbocycles. The standard InChI is InChI=1S/C9H18O3.CH4/c1-5(2)7-3-6(4-10)8(11)9(7)12;/h5-12H,3-4H2,1-2H3;1H4/t6-,7+,8-,9+;/m1./s1. The van der Waals surface area contributed by atoms with E-state index in [0.29, 0.717) is 5.92 Å². The Bertz CT molecular complexity index is 147. The molecule has 0 aromatic rings. The Morgan fingerprint density at radius 2 is 1.77 bits per heavy atom. The van der Waals surface area contributed by atoms with E-state index in [-0.39, 0.29) is 25.9 Å². The lowest BCUT2D eigenvalue weighted by Gasteiger charge is -2.19. The van der Waals surface area contributed by atoms with Gasteiger partial charge in [-0.15, -0.1) is 0 Å². The highest BCUT2D eigenvalue weighted by Crippen LogP contribution is 2.35. The first-order valence-electron chi connectivity index (χ1n) is 4.55. The van der Waals surface area contributed by atoms with Crippen molar-refractivity contribution in [2.75, 3.05) is 6.61 Å². The molecule has 0 aromatic heterocycles. The van der Waals surface area contributed by atoms with Crippen LogP contribution in [0.15, 0.2) is 0 Å². The van der Waals surface area contributed by atoms with Gasteiger partial charge in [0.05, 0.1) is 12.2 Å². The summed E-state index contributed by atoms with van der Waals surface area (Å²) in [5, 5.41) is 27.9. The van der Waals surface area contributed by atoms with Crippen molar-refractivity contribution in [3.63, 3.8) is 0 Å². The molecule has 0 bridgehead atoms. The average molecular weight is 190 g/mol. The molecule has 3 heteroatoms. The highest BCUT2D eigenvalue weighted by molar-refractivity contribution is 4.91. The lowest BCUT2D eigenvalue weighted by molar-refractivity contribution is -0.0120. The minimum Gasteiger partial charge on any atom is -0.396 e. The van der Waals surface area contributed by atoms with Crippen LogP contribution in [0.5, 0.6) is 0 Å². The molecule has 13 heavy (non-hydrogen) atoms. The number of hydrogen-bond acceptors (Lipinski definition) is 3. The van der Waals surface area contributed by atoms with Crippen molar-refractivity contribution < 1.29 is 15.3 Å². The Morgan fingerprint density at radius 1 is 1.23 bits per heavy atom. The summed E-state index contributed by atoms with van der Waals surface area (Å²) >= 11 is 0. The third-order valence-corrected chi connectivity index (χ3v) is 2.94. The van der Waals surface area contributed by atoms with Gasteiger partial charge in [-0.1, -0.05) is 21.3 Å². The van der Waals surface area contributed by atoms with E-state index < -0.39 is 12.2 Å². The van der Waals surface area contributed by atoms with E-state index in [4.69, 9.17) is 5.11 Å². The van der Waals surface area contributed by atoms with E-state index in [1.165, 1.54) is 0 Å². The van der Waals surface area contributed by atoms with E-state index in [2.05, 4.69) is 0 Å². The fraction of sp³-hybridized carbons (Fsp3) is 1.00. The van der Waals surface area contributed by atoms with Gasteiger partial charge in [-0.25, -0.2) is 0 Å². The van der Waals surface area contributed by atoms with Crippen molar-refractivity contribution in [3.8, 4) is 0 Å². The molecule has 80 valence electrons. The molecule has 0 aromatic carbocycles. The Labute approximate surface area is 80.4 Å². The first-order valence-corrected chi connectivity index (χ1v) is 4.55. The third kappa shape index (κ3) is 2.42.